The summed E-state index contributed by atoms with van der Waals surface area (Å²) in [6.07, 6.45) is 0. The molecule has 0 aromatic carbocycles. The number of rotatable bonds is 0. The topological polar surface area (TPSA) is 18.5 Å². The molecule has 0 radical (unpaired) electrons. The normalized spacial score (nSPS) is 39.3. The molecular weight excluding hydrogens is 138 g/mol. The molecule has 11 heavy (non-hydrogen) atoms. The molecule has 0 aromatic heterocycles. The molecule has 3 nitrogen and oxygen atoms in total. The fourth-order valence-corrected chi connectivity index (χ4v) is 1.84. The summed E-state index contributed by atoms with van der Waals surface area (Å²) in [5.41, 5.74) is 0. The van der Waals surface area contributed by atoms with E-state index >= 15 is 0 Å². The van der Waals surface area contributed by atoms with E-state index in [1.165, 1.54) is 52.4 Å². The molecule has 3 rings (SSSR count). The largest absolute Gasteiger partial charge is 0.314 e. The summed E-state index contributed by atoms with van der Waals surface area (Å²) in [4.78, 5) is 5.10. The molecule has 0 aliphatic carbocycles. The Hall–Kier alpha value is -0.120. The number of hydrogen-bond acceptors (Lipinski definition) is 3. The Balaban J connectivity index is 1.92. The van der Waals surface area contributed by atoms with E-state index in [-0.39, 0.29) is 0 Å². The van der Waals surface area contributed by atoms with E-state index in [0.717, 1.165) is 0 Å². The van der Waals surface area contributed by atoms with Gasteiger partial charge >= 0.3 is 0 Å². The maximum Gasteiger partial charge on any atom is 0.0110 e. The van der Waals surface area contributed by atoms with Crippen molar-refractivity contribution >= 4 is 0 Å². The van der Waals surface area contributed by atoms with Gasteiger partial charge in [-0.15, -0.1) is 0 Å². The molecule has 0 amide bonds. The van der Waals surface area contributed by atoms with Gasteiger partial charge in [-0.3, -0.25) is 9.80 Å². The highest BCUT2D eigenvalue weighted by atomic mass is 15.3. The number of nitrogens with one attached hydrogen (secondary N) is 1. The van der Waals surface area contributed by atoms with E-state index in [1.807, 2.05) is 0 Å². The number of nitrogens with zero attached hydrogens (tertiary/aromatic N) is 2. The molecule has 3 heterocycles. The smallest absolute Gasteiger partial charge is 0.0110 e. The molecule has 0 spiro atoms. The third kappa shape index (κ3) is 1.92. The van der Waals surface area contributed by atoms with Crippen molar-refractivity contribution in [1.29, 1.82) is 0 Å². The third-order valence-corrected chi connectivity index (χ3v) is 2.67. The molecule has 1 N–H and O–H groups in total. The quantitative estimate of drug-likeness (QED) is 0.494. The van der Waals surface area contributed by atoms with Crippen LogP contribution in [0.1, 0.15) is 0 Å². The average molecular weight is 155 g/mol. The molecule has 0 atom stereocenters. The van der Waals surface area contributed by atoms with Crippen molar-refractivity contribution in [3.8, 4) is 0 Å². The van der Waals surface area contributed by atoms with Crippen LogP contribution in [-0.2, 0) is 0 Å². The van der Waals surface area contributed by atoms with Crippen molar-refractivity contribution in [1.82, 2.24) is 15.1 Å². The first-order valence-electron chi connectivity index (χ1n) is 4.60. The van der Waals surface area contributed by atoms with Crippen molar-refractivity contribution in [3.63, 3.8) is 0 Å². The number of fused-ring (bicyclic) bond motifs is 6. The molecule has 0 unspecified atom stereocenters. The van der Waals surface area contributed by atoms with Crippen molar-refractivity contribution < 1.29 is 0 Å². The van der Waals surface area contributed by atoms with Crippen LogP contribution in [0.5, 0.6) is 0 Å². The van der Waals surface area contributed by atoms with Gasteiger partial charge in [0, 0.05) is 52.4 Å². The van der Waals surface area contributed by atoms with Crippen LogP contribution >= 0.6 is 0 Å². The van der Waals surface area contributed by atoms with E-state index in [4.69, 9.17) is 0 Å². The van der Waals surface area contributed by atoms with Crippen LogP contribution in [-0.4, -0.2) is 62.2 Å². The first-order valence-corrected chi connectivity index (χ1v) is 4.60. The van der Waals surface area contributed by atoms with Gasteiger partial charge in [-0.1, -0.05) is 0 Å². The SMILES string of the molecule is C1CN2CCN(CCN1)CC2. The lowest BCUT2D eigenvalue weighted by Gasteiger charge is -2.32. The first kappa shape index (κ1) is 7.53. The van der Waals surface area contributed by atoms with Gasteiger partial charge in [0.05, 0.1) is 0 Å². The van der Waals surface area contributed by atoms with Crippen LogP contribution in [0, 0.1) is 0 Å². The fraction of sp³-hybridized carbons (Fsp3) is 1.00. The van der Waals surface area contributed by atoms with Gasteiger partial charge in [0.15, 0.2) is 0 Å². The van der Waals surface area contributed by atoms with Crippen LogP contribution in [0.15, 0.2) is 0 Å². The summed E-state index contributed by atoms with van der Waals surface area (Å²) in [5, 5.41) is 3.44. The van der Waals surface area contributed by atoms with E-state index in [0.29, 0.717) is 0 Å². The average Bonchev–Trinajstić information content (AvgIpc) is 2.21. The maximum absolute atomic E-state index is 3.44. The second-order valence-electron chi connectivity index (χ2n) is 3.43. The summed E-state index contributed by atoms with van der Waals surface area (Å²) < 4.78 is 0. The van der Waals surface area contributed by atoms with Crippen molar-refractivity contribution in [2.24, 2.45) is 0 Å². The fourth-order valence-electron chi connectivity index (χ4n) is 1.84. The van der Waals surface area contributed by atoms with Crippen molar-refractivity contribution in [3.05, 3.63) is 0 Å². The van der Waals surface area contributed by atoms with Gasteiger partial charge in [0.1, 0.15) is 0 Å². The first-order chi connectivity index (χ1) is 5.45. The third-order valence-electron chi connectivity index (χ3n) is 2.67. The summed E-state index contributed by atoms with van der Waals surface area (Å²) >= 11 is 0. The predicted octanol–water partition coefficient (Wildman–Crippen LogP) is -0.793. The molecule has 3 aliphatic rings. The van der Waals surface area contributed by atoms with Crippen LogP contribution in [0.3, 0.4) is 0 Å². The zero-order chi connectivity index (χ0) is 7.52. The Kier molecular flexibility index (Phi) is 2.41. The zero-order valence-electron chi connectivity index (χ0n) is 7.05. The molecule has 3 heteroatoms. The minimum Gasteiger partial charge on any atom is -0.314 e. The lowest BCUT2D eigenvalue weighted by Crippen LogP contribution is -2.46. The summed E-state index contributed by atoms with van der Waals surface area (Å²) in [6.45, 7) is 9.95. The van der Waals surface area contributed by atoms with Crippen LogP contribution in [0.25, 0.3) is 0 Å². The van der Waals surface area contributed by atoms with Crippen molar-refractivity contribution in [2.75, 3.05) is 52.4 Å². The maximum atomic E-state index is 3.44. The molecule has 0 saturated carbocycles. The second-order valence-corrected chi connectivity index (χ2v) is 3.43. The van der Waals surface area contributed by atoms with E-state index in [1.54, 1.807) is 0 Å². The lowest BCUT2D eigenvalue weighted by molar-refractivity contribution is 0.146. The van der Waals surface area contributed by atoms with Gasteiger partial charge < -0.3 is 5.32 Å². The highest BCUT2D eigenvalue weighted by molar-refractivity contribution is 4.74. The molecule has 0 aromatic rings. The highest BCUT2D eigenvalue weighted by Gasteiger charge is 2.17. The minimum absolute atomic E-state index is 1.17. The van der Waals surface area contributed by atoms with Gasteiger partial charge in [-0.05, 0) is 0 Å². The van der Waals surface area contributed by atoms with Gasteiger partial charge in [0.25, 0.3) is 0 Å². The molecule has 3 aliphatic heterocycles. The minimum atomic E-state index is 1.17. The highest BCUT2D eigenvalue weighted by Crippen LogP contribution is 2.01. The van der Waals surface area contributed by atoms with Gasteiger partial charge in [0.2, 0.25) is 0 Å². The van der Waals surface area contributed by atoms with Gasteiger partial charge in [-0.25, -0.2) is 0 Å². The Morgan fingerprint density at radius 2 is 1.09 bits per heavy atom. The molecule has 64 valence electrons. The standard InChI is InChI=1S/C8H17N3/c1-3-10-5-7-11(8-6-10)4-2-9-1/h9H,1-8H2. The monoisotopic (exact) mass is 155 g/mol. The predicted molar refractivity (Wildman–Crippen MR) is 45.7 cm³/mol. The van der Waals surface area contributed by atoms with Crippen LogP contribution < -0.4 is 5.32 Å². The Labute approximate surface area is 68.4 Å². The number of hydrogen-bond donors (Lipinski definition) is 1. The Morgan fingerprint density at radius 1 is 0.636 bits per heavy atom. The zero-order valence-corrected chi connectivity index (χ0v) is 7.05. The van der Waals surface area contributed by atoms with Crippen LogP contribution in [0.2, 0.25) is 0 Å². The van der Waals surface area contributed by atoms with Crippen molar-refractivity contribution in [2.45, 2.75) is 0 Å². The molecule has 2 bridgehead atoms. The molecular formula is C8H17N3. The molecule has 3 fully saturated rings. The van der Waals surface area contributed by atoms with E-state index in [9.17, 15) is 0 Å². The Bertz CT molecular complexity index is 99.0. The second kappa shape index (κ2) is 3.52. The summed E-state index contributed by atoms with van der Waals surface area (Å²) in [7, 11) is 0. The summed E-state index contributed by atoms with van der Waals surface area (Å²) in [6, 6.07) is 0. The van der Waals surface area contributed by atoms with Gasteiger partial charge in [-0.2, -0.15) is 0 Å². The summed E-state index contributed by atoms with van der Waals surface area (Å²) in [5.74, 6) is 0. The van der Waals surface area contributed by atoms with E-state index in [2.05, 4.69) is 15.1 Å². The van der Waals surface area contributed by atoms with E-state index < -0.39 is 0 Å². The number of piperazine rings is 1. The lowest BCUT2D eigenvalue weighted by atomic mass is 10.3. The molecule has 3 saturated heterocycles. The van der Waals surface area contributed by atoms with Crippen LogP contribution in [0.4, 0.5) is 0 Å². The Morgan fingerprint density at radius 3 is 1.55 bits per heavy atom.